The Morgan fingerprint density at radius 3 is 2.10 bits per heavy atom. The van der Waals surface area contributed by atoms with Crippen LogP contribution in [0.25, 0.3) is 0 Å². The van der Waals surface area contributed by atoms with Gasteiger partial charge in [-0.1, -0.05) is 61.4 Å². The van der Waals surface area contributed by atoms with Crippen LogP contribution in [0.5, 0.6) is 0 Å². The third-order valence-electron chi connectivity index (χ3n) is 4.99. The van der Waals surface area contributed by atoms with Crippen LogP contribution in [-0.2, 0) is 9.59 Å². The van der Waals surface area contributed by atoms with Gasteiger partial charge in [-0.3, -0.25) is 14.4 Å². The molecule has 1 aliphatic carbocycles. The molecule has 2 aromatic carbocycles. The van der Waals surface area contributed by atoms with Crippen molar-refractivity contribution in [1.29, 1.82) is 0 Å². The molecule has 1 saturated carbocycles. The van der Waals surface area contributed by atoms with Crippen LogP contribution in [0.1, 0.15) is 41.2 Å². The fourth-order valence-electron chi connectivity index (χ4n) is 3.16. The van der Waals surface area contributed by atoms with Crippen LogP contribution >= 0.6 is 0 Å². The molecule has 0 spiro atoms. The zero-order chi connectivity index (χ0) is 20.8. The minimum Gasteiger partial charge on any atom is -0.381 e. The topological polar surface area (TPSA) is 122 Å². The first-order valence-electron chi connectivity index (χ1n) is 9.64. The van der Waals surface area contributed by atoms with E-state index in [1.807, 2.05) is 0 Å². The number of amides is 3. The summed E-state index contributed by atoms with van der Waals surface area (Å²) in [5.41, 5.74) is 6.37. The molecule has 7 heteroatoms. The predicted molar refractivity (Wildman–Crippen MR) is 108 cm³/mol. The van der Waals surface area contributed by atoms with Crippen molar-refractivity contribution < 1.29 is 19.5 Å². The summed E-state index contributed by atoms with van der Waals surface area (Å²) < 4.78 is 0. The summed E-state index contributed by atoms with van der Waals surface area (Å²) in [6.45, 7) is 0. The van der Waals surface area contributed by atoms with E-state index in [1.165, 1.54) is 0 Å². The first-order valence-corrected chi connectivity index (χ1v) is 9.64. The molecule has 1 aliphatic rings. The highest BCUT2D eigenvalue weighted by atomic mass is 16.3. The number of nitrogens with two attached hydrogens (primary N) is 1. The summed E-state index contributed by atoms with van der Waals surface area (Å²) in [4.78, 5) is 37.0. The number of hydrogen-bond donors (Lipinski definition) is 4. The minimum atomic E-state index is -1.59. The minimum absolute atomic E-state index is 0.368. The van der Waals surface area contributed by atoms with Crippen molar-refractivity contribution in [2.45, 2.75) is 37.5 Å². The lowest BCUT2D eigenvalue weighted by molar-refractivity contribution is -0.134. The molecule has 0 heterocycles. The van der Waals surface area contributed by atoms with E-state index in [9.17, 15) is 19.5 Å². The molecule has 3 amide bonds. The molecule has 3 rings (SSSR count). The van der Waals surface area contributed by atoms with E-state index < -0.39 is 35.9 Å². The van der Waals surface area contributed by atoms with Gasteiger partial charge in [0.25, 0.3) is 11.8 Å². The third kappa shape index (κ3) is 5.65. The highest BCUT2D eigenvalue weighted by molar-refractivity contribution is 5.95. The van der Waals surface area contributed by atoms with Gasteiger partial charge in [0.15, 0.2) is 6.10 Å². The maximum absolute atomic E-state index is 12.7. The summed E-state index contributed by atoms with van der Waals surface area (Å²) >= 11 is 0. The molecule has 0 saturated heterocycles. The summed E-state index contributed by atoms with van der Waals surface area (Å²) in [5.74, 6) is -1.44. The second-order valence-corrected chi connectivity index (χ2v) is 7.32. The molecule has 2 aromatic rings. The summed E-state index contributed by atoms with van der Waals surface area (Å²) in [7, 11) is 0. The molecular formula is C22H25N3O4. The molecule has 0 bridgehead atoms. The van der Waals surface area contributed by atoms with E-state index in [0.717, 1.165) is 12.8 Å². The lowest BCUT2D eigenvalue weighted by Crippen LogP contribution is -2.51. The van der Waals surface area contributed by atoms with Crippen LogP contribution in [0.4, 0.5) is 0 Å². The number of primary amides is 1. The first-order chi connectivity index (χ1) is 14.0. The van der Waals surface area contributed by atoms with Gasteiger partial charge >= 0.3 is 0 Å². The standard InChI is InChI=1S/C22H25N3O4/c23-20(27)17(13-14-11-12-14)24-22(29)19(26)18(15-7-3-1-4-8-15)25-21(28)16-9-5-2-6-10-16/h1-10,14,17-19,26H,11-13H2,(H2,23,27)(H,24,29)(H,25,28)/t17-,18+,19-/m1/s1. The van der Waals surface area contributed by atoms with Crippen LogP contribution in [0.2, 0.25) is 0 Å². The quantitative estimate of drug-likeness (QED) is 0.511. The average Bonchev–Trinajstić information content (AvgIpc) is 3.56. The predicted octanol–water partition coefficient (Wildman–Crippen LogP) is 1.29. The molecule has 3 atom stereocenters. The molecule has 0 aliphatic heterocycles. The van der Waals surface area contributed by atoms with Gasteiger partial charge in [0.05, 0.1) is 6.04 Å². The average molecular weight is 395 g/mol. The van der Waals surface area contributed by atoms with Gasteiger partial charge in [-0.15, -0.1) is 0 Å². The summed E-state index contributed by atoms with van der Waals surface area (Å²) in [5, 5.41) is 16.0. The number of carbonyl (C=O) groups excluding carboxylic acids is 3. The SMILES string of the molecule is NC(=O)[C@@H](CC1CC1)NC(=O)[C@H](O)[C@@H](NC(=O)c1ccccc1)c1ccccc1. The number of hydrogen-bond acceptors (Lipinski definition) is 4. The second-order valence-electron chi connectivity index (χ2n) is 7.32. The van der Waals surface area contributed by atoms with E-state index >= 15 is 0 Å². The van der Waals surface area contributed by atoms with Crippen LogP contribution < -0.4 is 16.4 Å². The lowest BCUT2D eigenvalue weighted by Gasteiger charge is -2.25. The monoisotopic (exact) mass is 395 g/mol. The second kappa shape index (κ2) is 9.34. The van der Waals surface area contributed by atoms with E-state index in [1.54, 1.807) is 60.7 Å². The van der Waals surface area contributed by atoms with E-state index in [-0.39, 0.29) is 0 Å². The fraction of sp³-hybridized carbons (Fsp3) is 0.318. The molecule has 5 N–H and O–H groups in total. The number of aliphatic hydroxyl groups excluding tert-OH is 1. The Hall–Kier alpha value is -3.19. The number of benzene rings is 2. The zero-order valence-electron chi connectivity index (χ0n) is 16.0. The Morgan fingerprint density at radius 1 is 0.966 bits per heavy atom. The Labute approximate surface area is 169 Å². The summed E-state index contributed by atoms with van der Waals surface area (Å²) in [6.07, 6.45) is 0.871. The van der Waals surface area contributed by atoms with Gasteiger partial charge in [0, 0.05) is 5.56 Å². The van der Waals surface area contributed by atoms with Crippen molar-refractivity contribution in [3.63, 3.8) is 0 Å². The zero-order valence-corrected chi connectivity index (χ0v) is 16.0. The third-order valence-corrected chi connectivity index (χ3v) is 4.99. The van der Waals surface area contributed by atoms with Crippen LogP contribution in [0.15, 0.2) is 60.7 Å². The van der Waals surface area contributed by atoms with Crippen LogP contribution in [0, 0.1) is 5.92 Å². The lowest BCUT2D eigenvalue weighted by atomic mass is 9.99. The van der Waals surface area contributed by atoms with Gasteiger partial charge in [-0.05, 0) is 30.0 Å². The Balaban J connectivity index is 1.76. The molecule has 0 unspecified atom stereocenters. The summed E-state index contributed by atoms with van der Waals surface area (Å²) in [6, 6.07) is 15.4. The largest absolute Gasteiger partial charge is 0.381 e. The van der Waals surface area contributed by atoms with Gasteiger partial charge in [0.2, 0.25) is 5.91 Å². The molecule has 7 nitrogen and oxygen atoms in total. The number of aliphatic hydroxyl groups is 1. The molecule has 29 heavy (non-hydrogen) atoms. The maximum atomic E-state index is 12.7. The van der Waals surface area contributed by atoms with Crippen LogP contribution in [0.3, 0.4) is 0 Å². The molecular weight excluding hydrogens is 370 g/mol. The van der Waals surface area contributed by atoms with E-state index in [0.29, 0.717) is 23.5 Å². The normalized spacial score (nSPS) is 16.3. The van der Waals surface area contributed by atoms with Crippen molar-refractivity contribution >= 4 is 17.7 Å². The maximum Gasteiger partial charge on any atom is 0.252 e. The first kappa shape index (κ1) is 20.5. The molecule has 152 valence electrons. The van der Waals surface area contributed by atoms with E-state index in [2.05, 4.69) is 10.6 Å². The van der Waals surface area contributed by atoms with Gasteiger partial charge in [-0.25, -0.2) is 0 Å². The Morgan fingerprint density at radius 2 is 1.55 bits per heavy atom. The van der Waals surface area contributed by atoms with Gasteiger partial charge in [-0.2, -0.15) is 0 Å². The molecule has 1 fully saturated rings. The fourth-order valence-corrected chi connectivity index (χ4v) is 3.16. The number of nitrogens with one attached hydrogen (secondary N) is 2. The Kier molecular flexibility index (Phi) is 6.61. The highest BCUT2D eigenvalue weighted by Gasteiger charge is 2.34. The van der Waals surface area contributed by atoms with Gasteiger partial charge < -0.3 is 21.5 Å². The molecule has 0 radical (unpaired) electrons. The number of rotatable bonds is 9. The van der Waals surface area contributed by atoms with E-state index in [4.69, 9.17) is 5.73 Å². The van der Waals surface area contributed by atoms with Crippen molar-refractivity contribution in [2.75, 3.05) is 0 Å². The van der Waals surface area contributed by atoms with Crippen molar-refractivity contribution in [2.24, 2.45) is 11.7 Å². The molecule has 0 aromatic heterocycles. The highest BCUT2D eigenvalue weighted by Crippen LogP contribution is 2.33. The Bertz CT molecular complexity index is 853. The van der Waals surface area contributed by atoms with Crippen molar-refractivity contribution in [1.82, 2.24) is 10.6 Å². The van der Waals surface area contributed by atoms with Crippen LogP contribution in [-0.4, -0.2) is 35.0 Å². The van der Waals surface area contributed by atoms with Crippen molar-refractivity contribution in [3.8, 4) is 0 Å². The van der Waals surface area contributed by atoms with Gasteiger partial charge in [0.1, 0.15) is 6.04 Å². The number of carbonyl (C=O) groups is 3. The van der Waals surface area contributed by atoms with Crippen molar-refractivity contribution in [3.05, 3.63) is 71.8 Å². The smallest absolute Gasteiger partial charge is 0.252 e.